The Balaban J connectivity index is 2.31. The first-order chi connectivity index (χ1) is 10.2. The second kappa shape index (κ2) is 7.09. The van der Waals surface area contributed by atoms with Crippen LogP contribution in [0.1, 0.15) is 25.0 Å². The molecule has 2 aromatic carbocycles. The molecule has 0 bridgehead atoms. The van der Waals surface area contributed by atoms with Crippen LogP contribution in [0.5, 0.6) is 11.5 Å². The molecule has 2 aromatic rings. The Labute approximate surface area is 124 Å². The number of ether oxygens (including phenoxy) is 2. The monoisotopic (exact) mass is 289 g/mol. The van der Waals surface area contributed by atoms with Crippen molar-refractivity contribution >= 4 is 0 Å². The third kappa shape index (κ3) is 3.73. The van der Waals surface area contributed by atoms with E-state index in [1.165, 1.54) is 6.07 Å². The fourth-order valence-electron chi connectivity index (χ4n) is 2.12. The SMILES string of the molecule is CCC(N)C(Oc1cccc(OC)c1)c1ccccc1F. The average molecular weight is 289 g/mol. The molecule has 2 N–H and O–H groups in total. The van der Waals surface area contributed by atoms with Crippen molar-refractivity contribution in [2.75, 3.05) is 7.11 Å². The van der Waals surface area contributed by atoms with E-state index in [1.807, 2.05) is 19.1 Å². The molecule has 2 unspecified atom stereocenters. The molecular formula is C17H20FNO2. The van der Waals surface area contributed by atoms with Gasteiger partial charge < -0.3 is 15.2 Å². The molecule has 3 nitrogen and oxygen atoms in total. The Kier molecular flexibility index (Phi) is 5.17. The van der Waals surface area contributed by atoms with Crippen LogP contribution < -0.4 is 15.2 Å². The number of hydrogen-bond acceptors (Lipinski definition) is 3. The molecule has 112 valence electrons. The first-order valence-corrected chi connectivity index (χ1v) is 6.96. The minimum absolute atomic E-state index is 0.298. The van der Waals surface area contributed by atoms with E-state index in [4.69, 9.17) is 15.2 Å². The summed E-state index contributed by atoms with van der Waals surface area (Å²) in [5, 5.41) is 0. The first kappa shape index (κ1) is 15.3. The quantitative estimate of drug-likeness (QED) is 0.882. The van der Waals surface area contributed by atoms with Gasteiger partial charge in [0.1, 0.15) is 23.4 Å². The van der Waals surface area contributed by atoms with Gasteiger partial charge in [-0.25, -0.2) is 4.39 Å². The number of benzene rings is 2. The normalized spacial score (nSPS) is 13.5. The summed E-state index contributed by atoms with van der Waals surface area (Å²) in [6.45, 7) is 1.95. The topological polar surface area (TPSA) is 44.5 Å². The summed E-state index contributed by atoms with van der Waals surface area (Å²) < 4.78 is 25.1. The molecule has 4 heteroatoms. The van der Waals surface area contributed by atoms with Gasteiger partial charge in [0.15, 0.2) is 0 Å². The van der Waals surface area contributed by atoms with E-state index in [2.05, 4.69) is 0 Å². The van der Waals surface area contributed by atoms with Gasteiger partial charge in [-0.05, 0) is 24.6 Å². The van der Waals surface area contributed by atoms with Crippen molar-refractivity contribution in [1.29, 1.82) is 0 Å². The lowest BCUT2D eigenvalue weighted by atomic mass is 10.00. The minimum Gasteiger partial charge on any atom is -0.497 e. The van der Waals surface area contributed by atoms with Crippen LogP contribution in [0.25, 0.3) is 0 Å². The largest absolute Gasteiger partial charge is 0.497 e. The molecule has 0 aliphatic carbocycles. The van der Waals surface area contributed by atoms with Crippen LogP contribution in [-0.4, -0.2) is 13.2 Å². The molecule has 0 aliphatic rings. The molecule has 0 aliphatic heterocycles. The second-order valence-corrected chi connectivity index (χ2v) is 4.81. The van der Waals surface area contributed by atoms with Crippen LogP contribution in [0.15, 0.2) is 48.5 Å². The smallest absolute Gasteiger partial charge is 0.142 e. The standard InChI is InChI=1S/C17H20FNO2/c1-3-16(19)17(14-9-4-5-10-15(14)18)21-13-8-6-7-12(11-13)20-2/h4-11,16-17H,3,19H2,1-2H3. The molecule has 0 spiro atoms. The van der Waals surface area contributed by atoms with Crippen LogP contribution in [0, 0.1) is 5.82 Å². The molecular weight excluding hydrogens is 269 g/mol. The fraction of sp³-hybridized carbons (Fsp3) is 0.294. The lowest BCUT2D eigenvalue weighted by molar-refractivity contribution is 0.166. The van der Waals surface area contributed by atoms with Crippen molar-refractivity contribution in [3.63, 3.8) is 0 Å². The van der Waals surface area contributed by atoms with Gasteiger partial charge in [0.05, 0.1) is 7.11 Å². The molecule has 0 saturated carbocycles. The Morgan fingerprint density at radius 2 is 1.81 bits per heavy atom. The Morgan fingerprint density at radius 1 is 1.10 bits per heavy atom. The molecule has 21 heavy (non-hydrogen) atoms. The highest BCUT2D eigenvalue weighted by Crippen LogP contribution is 2.29. The predicted octanol–water partition coefficient (Wildman–Crippen LogP) is 3.69. The second-order valence-electron chi connectivity index (χ2n) is 4.81. The highest BCUT2D eigenvalue weighted by molar-refractivity contribution is 5.34. The number of nitrogens with two attached hydrogens (primary N) is 1. The highest BCUT2D eigenvalue weighted by atomic mass is 19.1. The number of halogens is 1. The summed E-state index contributed by atoms with van der Waals surface area (Å²) in [6, 6.07) is 13.5. The van der Waals surface area contributed by atoms with E-state index in [-0.39, 0.29) is 11.9 Å². The zero-order valence-corrected chi connectivity index (χ0v) is 12.3. The van der Waals surface area contributed by atoms with E-state index >= 15 is 0 Å². The van der Waals surface area contributed by atoms with Crippen LogP contribution in [0.2, 0.25) is 0 Å². The van der Waals surface area contributed by atoms with Crippen LogP contribution in [0.3, 0.4) is 0 Å². The first-order valence-electron chi connectivity index (χ1n) is 6.96. The maximum absolute atomic E-state index is 14.0. The van der Waals surface area contributed by atoms with Gasteiger partial charge in [0.25, 0.3) is 0 Å². The van der Waals surface area contributed by atoms with E-state index in [0.29, 0.717) is 23.5 Å². The molecule has 0 saturated heterocycles. The van der Waals surface area contributed by atoms with Crippen molar-refractivity contribution in [2.45, 2.75) is 25.5 Å². The predicted molar refractivity (Wildman–Crippen MR) is 81.0 cm³/mol. The third-order valence-electron chi connectivity index (χ3n) is 3.38. The van der Waals surface area contributed by atoms with Gasteiger partial charge in [-0.2, -0.15) is 0 Å². The van der Waals surface area contributed by atoms with Crippen molar-refractivity contribution < 1.29 is 13.9 Å². The number of hydrogen-bond donors (Lipinski definition) is 1. The number of methoxy groups -OCH3 is 1. The zero-order chi connectivity index (χ0) is 15.2. The molecule has 2 rings (SSSR count). The summed E-state index contributed by atoms with van der Waals surface area (Å²) in [5.74, 6) is 0.977. The lowest BCUT2D eigenvalue weighted by Crippen LogP contribution is -2.32. The molecule has 0 fully saturated rings. The molecule has 0 radical (unpaired) electrons. The molecule has 2 atom stereocenters. The van der Waals surface area contributed by atoms with Crippen LogP contribution in [-0.2, 0) is 0 Å². The lowest BCUT2D eigenvalue weighted by Gasteiger charge is -2.25. The number of rotatable bonds is 6. The van der Waals surface area contributed by atoms with Crippen molar-refractivity contribution in [3.05, 3.63) is 59.9 Å². The maximum atomic E-state index is 14.0. The van der Waals surface area contributed by atoms with Gasteiger partial charge in [0, 0.05) is 17.7 Å². The van der Waals surface area contributed by atoms with E-state index in [1.54, 1.807) is 37.4 Å². The highest BCUT2D eigenvalue weighted by Gasteiger charge is 2.23. The van der Waals surface area contributed by atoms with Crippen molar-refractivity contribution in [1.82, 2.24) is 0 Å². The van der Waals surface area contributed by atoms with E-state index < -0.39 is 6.10 Å². The van der Waals surface area contributed by atoms with Crippen molar-refractivity contribution in [2.24, 2.45) is 5.73 Å². The minimum atomic E-state index is -0.539. The molecule has 0 amide bonds. The zero-order valence-electron chi connectivity index (χ0n) is 12.3. The molecule has 0 heterocycles. The van der Waals surface area contributed by atoms with Gasteiger partial charge in [-0.15, -0.1) is 0 Å². The van der Waals surface area contributed by atoms with E-state index in [9.17, 15) is 4.39 Å². The Hall–Kier alpha value is -2.07. The van der Waals surface area contributed by atoms with Gasteiger partial charge in [-0.1, -0.05) is 31.2 Å². The van der Waals surface area contributed by atoms with Crippen LogP contribution >= 0.6 is 0 Å². The van der Waals surface area contributed by atoms with Crippen molar-refractivity contribution in [3.8, 4) is 11.5 Å². The fourth-order valence-corrected chi connectivity index (χ4v) is 2.12. The summed E-state index contributed by atoms with van der Waals surface area (Å²) >= 11 is 0. The maximum Gasteiger partial charge on any atom is 0.142 e. The average Bonchev–Trinajstić information content (AvgIpc) is 2.53. The summed E-state index contributed by atoms with van der Waals surface area (Å²) in [4.78, 5) is 0. The van der Waals surface area contributed by atoms with Gasteiger partial charge in [0.2, 0.25) is 0 Å². The van der Waals surface area contributed by atoms with E-state index in [0.717, 1.165) is 0 Å². The summed E-state index contributed by atoms with van der Waals surface area (Å²) in [7, 11) is 1.59. The van der Waals surface area contributed by atoms with Gasteiger partial charge in [-0.3, -0.25) is 0 Å². The van der Waals surface area contributed by atoms with Gasteiger partial charge >= 0.3 is 0 Å². The Bertz CT molecular complexity index is 589. The summed E-state index contributed by atoms with van der Waals surface area (Å²) in [6.07, 6.45) is 0.145. The van der Waals surface area contributed by atoms with Crippen LogP contribution in [0.4, 0.5) is 4.39 Å². The molecule has 0 aromatic heterocycles. The Morgan fingerprint density at radius 3 is 2.48 bits per heavy atom. The summed E-state index contributed by atoms with van der Waals surface area (Å²) in [5.41, 5.74) is 6.58. The third-order valence-corrected chi connectivity index (χ3v) is 3.38.